The van der Waals surface area contributed by atoms with Crippen LogP contribution in [0.5, 0.6) is 0 Å². The molecule has 0 aromatic heterocycles. The van der Waals surface area contributed by atoms with Crippen molar-refractivity contribution < 1.29 is 14.3 Å². The fourth-order valence-corrected chi connectivity index (χ4v) is 4.50. The summed E-state index contributed by atoms with van der Waals surface area (Å²) < 4.78 is 4.98. The summed E-state index contributed by atoms with van der Waals surface area (Å²) in [5.41, 5.74) is 0. The van der Waals surface area contributed by atoms with Gasteiger partial charge in [0.2, 0.25) is 0 Å². The molecule has 0 fully saturated rings. The lowest BCUT2D eigenvalue weighted by Crippen LogP contribution is -2.11. The Labute approximate surface area is 219 Å². The molecule has 35 heavy (non-hydrogen) atoms. The quantitative estimate of drug-likeness (QED) is 0.0495. The zero-order valence-electron chi connectivity index (χ0n) is 23.8. The minimum absolute atomic E-state index is 0.334. The highest BCUT2D eigenvalue weighted by atomic mass is 16.6. The molecule has 0 bridgehead atoms. The smallest absolute Gasteiger partial charge is 0.313 e. The summed E-state index contributed by atoms with van der Waals surface area (Å²) in [6, 6.07) is 0. The van der Waals surface area contributed by atoms with Crippen molar-refractivity contribution in [2.75, 3.05) is 0 Å². The van der Waals surface area contributed by atoms with Crippen LogP contribution in [0.2, 0.25) is 0 Å². The summed E-state index contributed by atoms with van der Waals surface area (Å²) in [6.07, 6.45) is 35.3. The molecule has 0 amide bonds. The number of rotatable bonds is 27. The topological polar surface area (TPSA) is 43.4 Å². The molecular weight excluding hydrogens is 432 g/mol. The molecule has 0 aromatic carbocycles. The van der Waals surface area contributed by atoms with Crippen LogP contribution in [-0.4, -0.2) is 11.9 Å². The van der Waals surface area contributed by atoms with E-state index in [9.17, 15) is 9.59 Å². The van der Waals surface area contributed by atoms with Gasteiger partial charge in [-0.2, -0.15) is 0 Å². The van der Waals surface area contributed by atoms with E-state index in [1.54, 1.807) is 0 Å². The lowest BCUT2D eigenvalue weighted by atomic mass is 10.0. The Morgan fingerprint density at radius 1 is 0.429 bits per heavy atom. The van der Waals surface area contributed by atoms with E-state index < -0.39 is 0 Å². The van der Waals surface area contributed by atoms with Gasteiger partial charge in [-0.3, -0.25) is 9.59 Å². The molecule has 0 radical (unpaired) electrons. The fraction of sp³-hybridized carbons (Fsp3) is 0.875. The number of hydrogen-bond acceptors (Lipinski definition) is 3. The number of ether oxygens (including phenoxy) is 1. The molecule has 0 aliphatic carbocycles. The lowest BCUT2D eigenvalue weighted by Gasteiger charge is -2.04. The van der Waals surface area contributed by atoms with Crippen molar-refractivity contribution in [3.63, 3.8) is 0 Å². The Morgan fingerprint density at radius 3 is 1.09 bits per heavy atom. The first-order valence-electron chi connectivity index (χ1n) is 15.6. The average molecular weight is 493 g/mol. The zero-order valence-corrected chi connectivity index (χ0v) is 23.8. The van der Waals surface area contributed by atoms with Gasteiger partial charge in [-0.25, -0.2) is 0 Å². The molecule has 0 saturated carbocycles. The van der Waals surface area contributed by atoms with Crippen LogP contribution in [0.15, 0.2) is 12.2 Å². The molecule has 0 aliphatic heterocycles. The maximum absolute atomic E-state index is 11.8. The third-order valence-corrected chi connectivity index (χ3v) is 6.85. The molecule has 3 heteroatoms. The van der Waals surface area contributed by atoms with Gasteiger partial charge in [0.25, 0.3) is 0 Å². The predicted octanol–water partition coefficient (Wildman–Crippen LogP) is 10.8. The van der Waals surface area contributed by atoms with Crippen LogP contribution < -0.4 is 0 Å². The zero-order chi connectivity index (χ0) is 25.7. The van der Waals surface area contributed by atoms with Gasteiger partial charge < -0.3 is 4.74 Å². The van der Waals surface area contributed by atoms with E-state index in [1.165, 1.54) is 122 Å². The Bertz CT molecular complexity index is 483. The van der Waals surface area contributed by atoms with E-state index in [0.29, 0.717) is 12.8 Å². The van der Waals surface area contributed by atoms with Crippen LogP contribution >= 0.6 is 0 Å². The fourth-order valence-electron chi connectivity index (χ4n) is 4.50. The Kier molecular flexibility index (Phi) is 28.2. The lowest BCUT2D eigenvalue weighted by molar-refractivity contribution is -0.159. The molecular formula is C32H60O3. The van der Waals surface area contributed by atoms with Gasteiger partial charge in [0.05, 0.1) is 0 Å². The molecule has 0 aliphatic rings. The van der Waals surface area contributed by atoms with Crippen molar-refractivity contribution in [1.82, 2.24) is 0 Å². The van der Waals surface area contributed by atoms with Crippen LogP contribution in [0.3, 0.4) is 0 Å². The molecule has 0 saturated heterocycles. The summed E-state index contributed by atoms with van der Waals surface area (Å²) in [4.78, 5) is 23.7. The maximum atomic E-state index is 11.8. The van der Waals surface area contributed by atoms with Gasteiger partial charge >= 0.3 is 11.9 Å². The van der Waals surface area contributed by atoms with Gasteiger partial charge in [-0.15, -0.1) is 0 Å². The van der Waals surface area contributed by atoms with Crippen LogP contribution in [0, 0.1) is 0 Å². The summed E-state index contributed by atoms with van der Waals surface area (Å²) in [7, 11) is 0. The van der Waals surface area contributed by atoms with Crippen molar-refractivity contribution in [2.24, 2.45) is 0 Å². The minimum atomic E-state index is -0.337. The maximum Gasteiger partial charge on any atom is 0.313 e. The van der Waals surface area contributed by atoms with E-state index in [-0.39, 0.29) is 11.9 Å². The number of carbonyl (C=O) groups is 2. The minimum Gasteiger partial charge on any atom is -0.393 e. The third-order valence-electron chi connectivity index (χ3n) is 6.85. The molecule has 3 nitrogen and oxygen atoms in total. The van der Waals surface area contributed by atoms with E-state index >= 15 is 0 Å². The monoisotopic (exact) mass is 492 g/mol. The second-order valence-electron chi connectivity index (χ2n) is 10.5. The second-order valence-corrected chi connectivity index (χ2v) is 10.5. The van der Waals surface area contributed by atoms with Crippen molar-refractivity contribution in [2.45, 2.75) is 181 Å². The molecule has 0 unspecified atom stereocenters. The molecule has 0 aromatic rings. The number of hydrogen-bond donors (Lipinski definition) is 0. The molecule has 0 N–H and O–H groups in total. The van der Waals surface area contributed by atoms with Crippen molar-refractivity contribution in [3.05, 3.63) is 12.2 Å². The van der Waals surface area contributed by atoms with E-state index in [4.69, 9.17) is 4.74 Å². The Balaban J connectivity index is 3.33. The molecule has 0 atom stereocenters. The Hall–Kier alpha value is -1.12. The molecule has 206 valence electrons. The summed E-state index contributed by atoms with van der Waals surface area (Å²) in [5, 5.41) is 0. The van der Waals surface area contributed by atoms with Gasteiger partial charge in [-0.05, 0) is 38.5 Å². The SMILES string of the molecule is CCCCCCC=CCCCCCCCC(=O)OC(=O)CCCCCCCCCCCCCCC. The molecule has 0 rings (SSSR count). The number of unbranched alkanes of at least 4 members (excludes halogenated alkanes) is 21. The molecule has 0 heterocycles. The third kappa shape index (κ3) is 29.0. The normalized spacial score (nSPS) is 11.4. The van der Waals surface area contributed by atoms with Crippen molar-refractivity contribution in [3.8, 4) is 0 Å². The first kappa shape index (κ1) is 33.9. The van der Waals surface area contributed by atoms with Gasteiger partial charge in [-0.1, -0.05) is 142 Å². The average Bonchev–Trinajstić information content (AvgIpc) is 2.85. The largest absolute Gasteiger partial charge is 0.393 e. The van der Waals surface area contributed by atoms with Gasteiger partial charge in [0.1, 0.15) is 0 Å². The predicted molar refractivity (Wildman–Crippen MR) is 152 cm³/mol. The number of allylic oxidation sites excluding steroid dienone is 2. The first-order valence-corrected chi connectivity index (χ1v) is 15.6. The van der Waals surface area contributed by atoms with Crippen LogP contribution in [-0.2, 0) is 14.3 Å². The van der Waals surface area contributed by atoms with Crippen LogP contribution in [0.4, 0.5) is 0 Å². The molecule has 0 spiro atoms. The first-order chi connectivity index (χ1) is 17.2. The van der Waals surface area contributed by atoms with Crippen LogP contribution in [0.25, 0.3) is 0 Å². The van der Waals surface area contributed by atoms with Crippen LogP contribution in [0.1, 0.15) is 181 Å². The van der Waals surface area contributed by atoms with E-state index in [1.807, 2.05) is 0 Å². The highest BCUT2D eigenvalue weighted by Crippen LogP contribution is 2.14. The second kappa shape index (κ2) is 29.1. The van der Waals surface area contributed by atoms with E-state index in [2.05, 4.69) is 26.0 Å². The van der Waals surface area contributed by atoms with Crippen molar-refractivity contribution in [1.29, 1.82) is 0 Å². The standard InChI is InChI=1S/C32H60O3/c1-3-5-7-9-11-13-15-17-19-21-23-25-27-29-31(33)35-32(34)30-28-26-24-22-20-18-16-14-12-10-8-6-4-2/h13,15H,3-12,14,16-30H2,1-2H3. The van der Waals surface area contributed by atoms with Gasteiger partial charge in [0.15, 0.2) is 0 Å². The van der Waals surface area contributed by atoms with Gasteiger partial charge in [0, 0.05) is 12.8 Å². The highest BCUT2D eigenvalue weighted by molar-refractivity contribution is 5.85. The highest BCUT2D eigenvalue weighted by Gasteiger charge is 2.09. The number of carbonyl (C=O) groups excluding carboxylic acids is 2. The number of esters is 2. The Morgan fingerprint density at radius 2 is 0.714 bits per heavy atom. The summed E-state index contributed by atoms with van der Waals surface area (Å²) in [5.74, 6) is -0.671. The summed E-state index contributed by atoms with van der Waals surface area (Å²) in [6.45, 7) is 4.52. The van der Waals surface area contributed by atoms with Crippen molar-refractivity contribution >= 4 is 11.9 Å². The summed E-state index contributed by atoms with van der Waals surface area (Å²) >= 11 is 0. The van der Waals surface area contributed by atoms with E-state index in [0.717, 1.165) is 32.1 Å².